The summed E-state index contributed by atoms with van der Waals surface area (Å²) in [7, 11) is 1.57. The maximum atomic E-state index is 11.8. The van der Waals surface area contributed by atoms with Crippen LogP contribution in [0.1, 0.15) is 6.92 Å². The molecule has 0 atom stereocenters. The van der Waals surface area contributed by atoms with Gasteiger partial charge in [0, 0.05) is 12.6 Å². The molecule has 0 aliphatic carbocycles. The Morgan fingerprint density at radius 2 is 2.10 bits per heavy atom. The molecule has 2 aliphatic rings. The zero-order chi connectivity index (χ0) is 14.3. The van der Waals surface area contributed by atoms with Crippen molar-refractivity contribution in [2.75, 3.05) is 7.11 Å². The van der Waals surface area contributed by atoms with Crippen LogP contribution < -0.4 is 16.0 Å². The van der Waals surface area contributed by atoms with Crippen molar-refractivity contribution in [1.82, 2.24) is 19.5 Å². The lowest BCUT2D eigenvalue weighted by atomic mass is 10.2. The Labute approximate surface area is 113 Å². The second-order valence-electron chi connectivity index (χ2n) is 4.25. The number of aromatic amines is 1. The molecule has 20 heavy (non-hydrogen) atoms. The number of hydrogen-bond donors (Lipinski definition) is 1. The van der Waals surface area contributed by atoms with E-state index >= 15 is 0 Å². The number of nitrogens with one attached hydrogen (secondary N) is 1. The fourth-order valence-electron chi connectivity index (χ4n) is 2.22. The standard InChI is InChI=1S/C13H12N4O3/c1-3-17-9-6-7(20-2)4-5-8(9)14-10-11(17)15-13(19)16-12(10)18/h4-6H,3H2,1-2H3,(H,16,18,19). The quantitative estimate of drug-likeness (QED) is 0.690. The first kappa shape index (κ1) is 12.3. The molecule has 7 heteroatoms. The lowest BCUT2D eigenvalue weighted by Gasteiger charge is -2.15. The molecule has 102 valence electrons. The van der Waals surface area contributed by atoms with Crippen molar-refractivity contribution in [2.24, 2.45) is 0 Å². The largest absolute Gasteiger partial charge is 0.497 e. The van der Waals surface area contributed by atoms with Gasteiger partial charge in [0.1, 0.15) is 5.75 Å². The van der Waals surface area contributed by atoms with Gasteiger partial charge < -0.3 is 9.30 Å². The highest BCUT2D eigenvalue weighted by Crippen LogP contribution is 2.24. The number of ether oxygens (including phenoxy) is 1. The van der Waals surface area contributed by atoms with E-state index in [-0.39, 0.29) is 11.5 Å². The second-order valence-corrected chi connectivity index (χ2v) is 4.25. The molecule has 2 heterocycles. The van der Waals surface area contributed by atoms with Crippen LogP contribution in [0.3, 0.4) is 0 Å². The van der Waals surface area contributed by atoms with Crippen LogP contribution in [0.2, 0.25) is 0 Å². The number of rotatable bonds is 2. The summed E-state index contributed by atoms with van der Waals surface area (Å²) in [6.45, 7) is 2.46. The first-order valence-corrected chi connectivity index (χ1v) is 6.12. The molecule has 0 amide bonds. The minimum Gasteiger partial charge on any atom is -0.497 e. The summed E-state index contributed by atoms with van der Waals surface area (Å²) >= 11 is 0. The molecule has 1 N–H and O–H groups in total. The summed E-state index contributed by atoms with van der Waals surface area (Å²) in [5, 5.41) is 0. The highest BCUT2D eigenvalue weighted by molar-refractivity contribution is 5.80. The molecule has 7 nitrogen and oxygen atoms in total. The number of hydrogen-bond acceptors (Lipinski definition) is 5. The van der Waals surface area contributed by atoms with Crippen LogP contribution in [-0.2, 0) is 6.54 Å². The second kappa shape index (κ2) is 4.44. The van der Waals surface area contributed by atoms with Crippen LogP contribution in [0, 0.1) is 0 Å². The molecule has 0 radical (unpaired) electrons. The van der Waals surface area contributed by atoms with Gasteiger partial charge in [-0.25, -0.2) is 9.78 Å². The van der Waals surface area contributed by atoms with Crippen LogP contribution in [0.4, 0.5) is 0 Å². The zero-order valence-corrected chi connectivity index (χ0v) is 11.0. The Kier molecular flexibility index (Phi) is 2.74. The van der Waals surface area contributed by atoms with Gasteiger partial charge in [-0.3, -0.25) is 9.78 Å². The third kappa shape index (κ3) is 1.75. The molecule has 0 aromatic heterocycles. The Morgan fingerprint density at radius 3 is 2.80 bits per heavy atom. The highest BCUT2D eigenvalue weighted by atomic mass is 16.5. The molecule has 0 bridgehead atoms. The Bertz CT molecular complexity index is 881. The van der Waals surface area contributed by atoms with E-state index < -0.39 is 11.2 Å². The lowest BCUT2D eigenvalue weighted by molar-refractivity contribution is 0.415. The topological polar surface area (TPSA) is 89.9 Å². The average molecular weight is 272 g/mol. The lowest BCUT2D eigenvalue weighted by Crippen LogP contribution is -2.28. The first-order valence-electron chi connectivity index (χ1n) is 6.12. The van der Waals surface area contributed by atoms with E-state index in [4.69, 9.17) is 4.74 Å². The van der Waals surface area contributed by atoms with Crippen LogP contribution in [0.25, 0.3) is 22.6 Å². The maximum absolute atomic E-state index is 11.8. The van der Waals surface area contributed by atoms with Crippen molar-refractivity contribution in [3.8, 4) is 17.3 Å². The number of H-pyrrole nitrogens is 1. The first-order chi connectivity index (χ1) is 9.63. The average Bonchev–Trinajstić information content (AvgIpc) is 2.44. The summed E-state index contributed by atoms with van der Waals surface area (Å²) < 4.78 is 6.96. The van der Waals surface area contributed by atoms with E-state index in [1.54, 1.807) is 29.9 Å². The van der Waals surface area contributed by atoms with Crippen molar-refractivity contribution < 1.29 is 4.74 Å². The SMILES string of the molecule is CCn1c2nc(=O)[nH]c(=O)c-2nc2ccc(OC)cc21. The van der Waals surface area contributed by atoms with E-state index in [9.17, 15) is 9.59 Å². The number of fused-ring (bicyclic) bond motifs is 2. The number of methoxy groups -OCH3 is 1. The smallest absolute Gasteiger partial charge is 0.349 e. The van der Waals surface area contributed by atoms with Crippen molar-refractivity contribution in [3.05, 3.63) is 39.0 Å². The normalized spacial score (nSPS) is 11.1. The van der Waals surface area contributed by atoms with Crippen molar-refractivity contribution >= 4 is 11.0 Å². The summed E-state index contributed by atoms with van der Waals surface area (Å²) in [4.78, 5) is 33.5. The third-order valence-electron chi connectivity index (χ3n) is 3.13. The van der Waals surface area contributed by atoms with Gasteiger partial charge in [-0.05, 0) is 19.1 Å². The minimum atomic E-state index is -0.672. The van der Waals surface area contributed by atoms with Crippen LogP contribution in [-0.4, -0.2) is 26.6 Å². The molecule has 2 aliphatic heterocycles. The van der Waals surface area contributed by atoms with E-state index in [2.05, 4.69) is 15.0 Å². The fourth-order valence-corrected chi connectivity index (χ4v) is 2.22. The van der Waals surface area contributed by atoms with Crippen LogP contribution in [0.15, 0.2) is 27.8 Å². The van der Waals surface area contributed by atoms with Gasteiger partial charge in [0.25, 0.3) is 5.56 Å². The summed E-state index contributed by atoms with van der Waals surface area (Å²) in [5.41, 5.74) is 0.362. The molecule has 0 saturated carbocycles. The number of aryl methyl sites for hydroxylation is 1. The van der Waals surface area contributed by atoms with E-state index in [0.717, 1.165) is 5.52 Å². The predicted molar refractivity (Wildman–Crippen MR) is 73.3 cm³/mol. The molecule has 1 aromatic carbocycles. The number of nitrogens with zero attached hydrogens (tertiary/aromatic N) is 3. The molecular formula is C13H12N4O3. The van der Waals surface area contributed by atoms with Gasteiger partial charge >= 0.3 is 5.69 Å². The van der Waals surface area contributed by atoms with Gasteiger partial charge in [-0.2, -0.15) is 4.98 Å². The van der Waals surface area contributed by atoms with Gasteiger partial charge in [-0.1, -0.05) is 0 Å². The zero-order valence-electron chi connectivity index (χ0n) is 11.0. The molecule has 0 spiro atoms. The predicted octanol–water partition coefficient (Wildman–Crippen LogP) is 0.613. The maximum Gasteiger partial charge on any atom is 0.349 e. The van der Waals surface area contributed by atoms with Crippen LogP contribution >= 0.6 is 0 Å². The summed E-state index contributed by atoms with van der Waals surface area (Å²) in [5.74, 6) is 0.954. The molecule has 0 saturated heterocycles. The molecule has 0 fully saturated rings. The van der Waals surface area contributed by atoms with Gasteiger partial charge in [0.15, 0.2) is 11.5 Å². The minimum absolute atomic E-state index is 0.157. The summed E-state index contributed by atoms with van der Waals surface area (Å²) in [6, 6.07) is 5.34. The van der Waals surface area contributed by atoms with Gasteiger partial charge in [0.05, 0.1) is 18.1 Å². The molecule has 0 unspecified atom stereocenters. The highest BCUT2D eigenvalue weighted by Gasteiger charge is 2.17. The monoisotopic (exact) mass is 272 g/mol. The van der Waals surface area contributed by atoms with Crippen molar-refractivity contribution in [3.63, 3.8) is 0 Å². The van der Waals surface area contributed by atoms with Crippen molar-refractivity contribution in [1.29, 1.82) is 0 Å². The Morgan fingerprint density at radius 1 is 1.30 bits per heavy atom. The van der Waals surface area contributed by atoms with E-state index in [1.165, 1.54) is 0 Å². The summed E-state index contributed by atoms with van der Waals surface area (Å²) in [6.07, 6.45) is 0. The van der Waals surface area contributed by atoms with Crippen molar-refractivity contribution in [2.45, 2.75) is 13.5 Å². The van der Waals surface area contributed by atoms with Gasteiger partial charge in [0.2, 0.25) is 0 Å². The van der Waals surface area contributed by atoms with Crippen LogP contribution in [0.5, 0.6) is 5.75 Å². The molecule has 1 aromatic rings. The third-order valence-corrected chi connectivity index (χ3v) is 3.13. The Balaban J connectivity index is 2.54. The van der Waals surface area contributed by atoms with Gasteiger partial charge in [-0.15, -0.1) is 0 Å². The van der Waals surface area contributed by atoms with E-state index in [0.29, 0.717) is 17.8 Å². The Hall–Kier alpha value is -2.70. The van der Waals surface area contributed by atoms with E-state index in [1.807, 2.05) is 6.92 Å². The number of aromatic nitrogens is 4. The number of benzene rings is 1. The fraction of sp³-hybridized carbons (Fsp3) is 0.231. The molecular weight excluding hydrogens is 260 g/mol. The molecule has 3 rings (SSSR count).